The Hall–Kier alpha value is -6.26. The summed E-state index contributed by atoms with van der Waals surface area (Å²) in [7, 11) is 0. The summed E-state index contributed by atoms with van der Waals surface area (Å²) >= 11 is 0. The van der Waals surface area contributed by atoms with Crippen LogP contribution >= 0.6 is 0 Å². The molecule has 46 heavy (non-hydrogen) atoms. The largest absolute Gasteiger partial charge is 0.456 e. The number of furan rings is 1. The highest BCUT2D eigenvalue weighted by Gasteiger charge is 2.23. The molecule has 4 aromatic heterocycles. The van der Waals surface area contributed by atoms with Crippen molar-refractivity contribution in [1.29, 1.82) is 0 Å². The van der Waals surface area contributed by atoms with Gasteiger partial charge in [-0.05, 0) is 78.9 Å². The Kier molecular flexibility index (Phi) is 4.55. The zero-order valence-corrected chi connectivity index (χ0v) is 24.7. The summed E-state index contributed by atoms with van der Waals surface area (Å²) in [5.74, 6) is 0. The van der Waals surface area contributed by atoms with Crippen molar-refractivity contribution in [2.75, 3.05) is 0 Å². The third-order valence-electron chi connectivity index (χ3n) is 9.80. The average Bonchev–Trinajstić information content (AvgIpc) is 3.84. The molecule has 11 aromatic rings. The van der Waals surface area contributed by atoms with Crippen LogP contribution in [0.4, 0.5) is 0 Å². The quantitative estimate of drug-likeness (QED) is 0.202. The molecule has 0 atom stereocenters. The maximum Gasteiger partial charge on any atom is 0.137 e. The van der Waals surface area contributed by atoms with Crippen molar-refractivity contribution in [2.45, 2.75) is 0 Å². The first-order valence-corrected chi connectivity index (χ1v) is 15.7. The molecule has 0 spiro atoms. The second-order valence-electron chi connectivity index (χ2n) is 12.2. The second kappa shape index (κ2) is 8.68. The maximum atomic E-state index is 6.30. The summed E-state index contributed by atoms with van der Waals surface area (Å²) in [5.41, 5.74) is 12.5. The van der Waals surface area contributed by atoms with E-state index in [1.807, 2.05) is 12.1 Å². The van der Waals surface area contributed by atoms with Crippen molar-refractivity contribution in [2.24, 2.45) is 0 Å². The fraction of sp³-hybridized carbons (Fsp3) is 0. The molecular weight excluding hydrogens is 562 g/mol. The smallest absolute Gasteiger partial charge is 0.137 e. The number of rotatable bonds is 3. The summed E-state index contributed by atoms with van der Waals surface area (Å²) in [5, 5.41) is 7.36. The van der Waals surface area contributed by atoms with Crippen molar-refractivity contribution in [3.8, 4) is 17.1 Å². The lowest BCUT2D eigenvalue weighted by Crippen LogP contribution is -1.98. The molecule has 7 aromatic carbocycles. The minimum absolute atomic E-state index is 0.905. The minimum Gasteiger partial charge on any atom is -0.456 e. The molecule has 4 heterocycles. The number of hydrogen-bond acceptors (Lipinski definition) is 1. The molecule has 0 unspecified atom stereocenters. The Morgan fingerprint density at radius 3 is 1.57 bits per heavy atom. The maximum absolute atomic E-state index is 6.30. The third kappa shape index (κ3) is 3.03. The average molecular weight is 588 g/mol. The van der Waals surface area contributed by atoms with E-state index in [4.69, 9.17) is 4.42 Å². The highest BCUT2D eigenvalue weighted by molar-refractivity contribution is 6.25. The fourth-order valence-corrected chi connectivity index (χ4v) is 7.94. The lowest BCUT2D eigenvalue weighted by molar-refractivity contribution is 0.668. The lowest BCUT2D eigenvalue weighted by atomic mass is 10.1. The SMILES string of the molecule is c1ccc(-n2c3ccccc3c3cc(-n4c5cccc6c5c5c(cccc54)n6-c4ccc5c(c4)oc4ccccc45)ccc32)cc1. The normalized spacial score (nSPS) is 12.3. The molecule has 4 heteroatoms. The van der Waals surface area contributed by atoms with Crippen LogP contribution in [-0.2, 0) is 0 Å². The molecule has 11 rings (SSSR count). The van der Waals surface area contributed by atoms with Gasteiger partial charge >= 0.3 is 0 Å². The molecule has 0 aliphatic rings. The van der Waals surface area contributed by atoms with E-state index in [0.29, 0.717) is 0 Å². The van der Waals surface area contributed by atoms with Crippen molar-refractivity contribution >= 4 is 76.6 Å². The summed E-state index contributed by atoms with van der Waals surface area (Å²) in [4.78, 5) is 0. The number of nitrogens with zero attached hydrogens (tertiary/aromatic N) is 3. The predicted octanol–water partition coefficient (Wildman–Crippen LogP) is 11.2. The lowest BCUT2D eigenvalue weighted by Gasteiger charge is -2.13. The summed E-state index contributed by atoms with van der Waals surface area (Å²) in [6, 6.07) is 54.5. The molecule has 0 aliphatic heterocycles. The van der Waals surface area contributed by atoms with Gasteiger partial charge in [-0.25, -0.2) is 0 Å². The monoisotopic (exact) mass is 587 g/mol. The van der Waals surface area contributed by atoms with Crippen LogP contribution in [0.15, 0.2) is 156 Å². The molecule has 214 valence electrons. The van der Waals surface area contributed by atoms with E-state index < -0.39 is 0 Å². The van der Waals surface area contributed by atoms with Crippen molar-refractivity contribution in [1.82, 2.24) is 13.7 Å². The molecule has 4 nitrogen and oxygen atoms in total. The van der Waals surface area contributed by atoms with E-state index in [-0.39, 0.29) is 0 Å². The van der Waals surface area contributed by atoms with E-state index in [1.165, 1.54) is 60.3 Å². The Bertz CT molecular complexity index is 2900. The van der Waals surface area contributed by atoms with E-state index in [2.05, 4.69) is 153 Å². The summed E-state index contributed by atoms with van der Waals surface area (Å²) in [6.45, 7) is 0. The molecule has 0 amide bonds. The first kappa shape index (κ1) is 24.1. The fourth-order valence-electron chi connectivity index (χ4n) is 7.94. The molecular formula is C42H25N3O. The van der Waals surface area contributed by atoms with Gasteiger partial charge in [0.05, 0.1) is 33.1 Å². The van der Waals surface area contributed by atoms with Crippen LogP contribution < -0.4 is 0 Å². The van der Waals surface area contributed by atoms with Crippen LogP contribution in [0.1, 0.15) is 0 Å². The van der Waals surface area contributed by atoms with Crippen LogP contribution in [0, 0.1) is 0 Å². The van der Waals surface area contributed by atoms with Gasteiger partial charge in [0.25, 0.3) is 0 Å². The van der Waals surface area contributed by atoms with Crippen LogP contribution in [-0.4, -0.2) is 13.7 Å². The highest BCUT2D eigenvalue weighted by Crippen LogP contribution is 2.43. The number of hydrogen-bond donors (Lipinski definition) is 0. The Balaban J connectivity index is 1.17. The van der Waals surface area contributed by atoms with E-state index in [1.54, 1.807) is 0 Å². The number of aromatic nitrogens is 3. The molecule has 0 saturated heterocycles. The van der Waals surface area contributed by atoms with Gasteiger partial charge in [-0.3, -0.25) is 0 Å². The minimum atomic E-state index is 0.905. The van der Waals surface area contributed by atoms with Gasteiger partial charge in [0.15, 0.2) is 0 Å². The summed E-state index contributed by atoms with van der Waals surface area (Å²) < 4.78 is 13.5. The van der Waals surface area contributed by atoms with E-state index in [0.717, 1.165) is 33.3 Å². The molecule has 0 N–H and O–H groups in total. The van der Waals surface area contributed by atoms with Crippen LogP contribution in [0.2, 0.25) is 0 Å². The van der Waals surface area contributed by atoms with Gasteiger partial charge in [0.1, 0.15) is 11.2 Å². The molecule has 0 radical (unpaired) electrons. The van der Waals surface area contributed by atoms with E-state index >= 15 is 0 Å². The van der Waals surface area contributed by atoms with Gasteiger partial charge in [0, 0.05) is 55.4 Å². The number of benzene rings is 7. The Morgan fingerprint density at radius 1 is 0.304 bits per heavy atom. The van der Waals surface area contributed by atoms with Crippen molar-refractivity contribution in [3.63, 3.8) is 0 Å². The molecule has 0 bridgehead atoms. The molecule has 0 aliphatic carbocycles. The first-order chi connectivity index (χ1) is 22.8. The topological polar surface area (TPSA) is 27.9 Å². The molecule has 0 saturated carbocycles. The first-order valence-electron chi connectivity index (χ1n) is 15.7. The van der Waals surface area contributed by atoms with Gasteiger partial charge < -0.3 is 18.1 Å². The summed E-state index contributed by atoms with van der Waals surface area (Å²) in [6.07, 6.45) is 0. The highest BCUT2D eigenvalue weighted by atomic mass is 16.3. The van der Waals surface area contributed by atoms with Crippen LogP contribution in [0.25, 0.3) is 93.6 Å². The number of para-hydroxylation sites is 3. The van der Waals surface area contributed by atoms with Crippen molar-refractivity contribution < 1.29 is 4.42 Å². The van der Waals surface area contributed by atoms with Gasteiger partial charge in [-0.15, -0.1) is 0 Å². The zero-order valence-electron chi connectivity index (χ0n) is 24.7. The van der Waals surface area contributed by atoms with Crippen LogP contribution in [0.3, 0.4) is 0 Å². The zero-order chi connectivity index (χ0) is 29.9. The van der Waals surface area contributed by atoms with Gasteiger partial charge in [-0.1, -0.05) is 66.7 Å². The third-order valence-corrected chi connectivity index (χ3v) is 9.80. The Labute approximate surface area is 262 Å². The van der Waals surface area contributed by atoms with Crippen molar-refractivity contribution in [3.05, 3.63) is 152 Å². The predicted molar refractivity (Wildman–Crippen MR) is 190 cm³/mol. The second-order valence-corrected chi connectivity index (χ2v) is 12.2. The van der Waals surface area contributed by atoms with Gasteiger partial charge in [-0.2, -0.15) is 0 Å². The standard InChI is InChI=1S/C42H25N3O/c1-2-10-26(11-3-1)43-33-14-6-4-12-29(33)32-24-27(21-23-34(32)43)44-35-15-8-17-37-41(35)42-36(44)16-9-18-38(42)45(37)28-20-22-31-30-13-5-7-19-39(30)46-40(31)25-28/h1-25H. The van der Waals surface area contributed by atoms with Gasteiger partial charge in [0.2, 0.25) is 0 Å². The Morgan fingerprint density at radius 2 is 0.826 bits per heavy atom. The van der Waals surface area contributed by atoms with E-state index in [9.17, 15) is 0 Å². The molecule has 0 fully saturated rings. The van der Waals surface area contributed by atoms with Crippen LogP contribution in [0.5, 0.6) is 0 Å². The number of fused-ring (bicyclic) bond motifs is 6.